The van der Waals surface area contributed by atoms with Gasteiger partial charge in [0.2, 0.25) is 0 Å². The number of pyridine rings is 1. The van der Waals surface area contributed by atoms with Gasteiger partial charge in [0.05, 0.1) is 11.0 Å². The number of nitrogens with one attached hydrogen (secondary N) is 1. The lowest BCUT2D eigenvalue weighted by Gasteiger charge is -2.05. The number of rotatable bonds is 0. The first-order valence-corrected chi connectivity index (χ1v) is 3.38. The molecule has 48 valence electrons. The lowest BCUT2D eigenvalue weighted by Crippen LogP contribution is -1.94. The highest BCUT2D eigenvalue weighted by Crippen LogP contribution is 2.25. The summed E-state index contributed by atoms with van der Waals surface area (Å²) in [7, 11) is 0. The van der Waals surface area contributed by atoms with E-state index in [9.17, 15) is 0 Å². The van der Waals surface area contributed by atoms with Crippen molar-refractivity contribution < 1.29 is 0 Å². The highest BCUT2D eigenvalue weighted by molar-refractivity contribution is 5.82. The van der Waals surface area contributed by atoms with Crippen LogP contribution in [0.25, 0.3) is 11.0 Å². The van der Waals surface area contributed by atoms with Crippen LogP contribution in [0.5, 0.6) is 0 Å². The van der Waals surface area contributed by atoms with E-state index in [-0.39, 0.29) is 0 Å². The predicted octanol–water partition coefficient (Wildman–Crippen LogP) is 1.47. The SMILES string of the molecule is c1nc2c3c[nH]c2cc1C3. The molecule has 0 fully saturated rings. The first-order chi connectivity index (χ1) is 4.93. The number of aromatic nitrogens is 2. The number of aromatic amines is 1. The third kappa shape index (κ3) is 0.355. The van der Waals surface area contributed by atoms with E-state index in [0.717, 1.165) is 11.9 Å². The Hall–Kier alpha value is -1.31. The highest BCUT2D eigenvalue weighted by atomic mass is 14.8. The molecule has 2 aliphatic rings. The van der Waals surface area contributed by atoms with Crippen molar-refractivity contribution in [3.63, 3.8) is 0 Å². The Balaban J connectivity index is 2.73. The average Bonchev–Trinajstić information content (AvgIpc) is 2.29. The van der Waals surface area contributed by atoms with Gasteiger partial charge in [-0.2, -0.15) is 0 Å². The summed E-state index contributed by atoms with van der Waals surface area (Å²) in [5.41, 5.74) is 4.99. The third-order valence-electron chi connectivity index (χ3n) is 2.04. The minimum atomic E-state index is 1.06. The molecular weight excluding hydrogens is 124 g/mol. The molecule has 10 heavy (non-hydrogen) atoms. The first-order valence-electron chi connectivity index (χ1n) is 3.38. The molecule has 2 nitrogen and oxygen atoms in total. The summed E-state index contributed by atoms with van der Waals surface area (Å²) < 4.78 is 0. The van der Waals surface area contributed by atoms with Crippen LogP contribution in [0.1, 0.15) is 11.1 Å². The zero-order chi connectivity index (χ0) is 6.55. The Morgan fingerprint density at radius 3 is 3.20 bits per heavy atom. The second kappa shape index (κ2) is 1.24. The van der Waals surface area contributed by atoms with Crippen molar-refractivity contribution >= 4 is 11.0 Å². The lowest BCUT2D eigenvalue weighted by molar-refractivity contribution is 1.14. The van der Waals surface area contributed by atoms with Gasteiger partial charge >= 0.3 is 0 Å². The van der Waals surface area contributed by atoms with E-state index in [0.29, 0.717) is 0 Å². The highest BCUT2D eigenvalue weighted by Gasteiger charge is 2.12. The quantitative estimate of drug-likeness (QED) is 0.490. The molecule has 3 heterocycles. The van der Waals surface area contributed by atoms with Gasteiger partial charge in [-0.25, -0.2) is 0 Å². The van der Waals surface area contributed by atoms with Crippen LogP contribution in [-0.4, -0.2) is 9.97 Å². The molecular formula is C8H6N2. The summed E-state index contributed by atoms with van der Waals surface area (Å²) in [5.74, 6) is 0. The van der Waals surface area contributed by atoms with E-state index in [1.807, 2.05) is 12.4 Å². The molecule has 0 spiro atoms. The molecule has 1 N–H and O–H groups in total. The third-order valence-corrected chi connectivity index (χ3v) is 2.04. The summed E-state index contributed by atoms with van der Waals surface area (Å²) in [6.45, 7) is 0. The summed E-state index contributed by atoms with van der Waals surface area (Å²) >= 11 is 0. The van der Waals surface area contributed by atoms with E-state index < -0.39 is 0 Å². The number of fused-ring (bicyclic) bond motifs is 1. The van der Waals surface area contributed by atoms with E-state index >= 15 is 0 Å². The monoisotopic (exact) mass is 130 g/mol. The van der Waals surface area contributed by atoms with Gasteiger partial charge in [-0.3, -0.25) is 4.98 Å². The molecule has 1 aliphatic heterocycles. The Morgan fingerprint density at radius 1 is 1.50 bits per heavy atom. The molecule has 0 unspecified atom stereocenters. The van der Waals surface area contributed by atoms with Gasteiger partial charge in [0, 0.05) is 24.4 Å². The standard InChI is InChI=1S/C8H6N2/c1-5-2-7-8(10-3-5)6(1)4-9-7/h2-4,9H,1H2. The van der Waals surface area contributed by atoms with Gasteiger partial charge in [-0.05, 0) is 11.6 Å². The van der Waals surface area contributed by atoms with Crippen molar-refractivity contribution in [1.82, 2.24) is 9.97 Å². The molecule has 0 atom stereocenters. The van der Waals surface area contributed by atoms with Crippen LogP contribution in [0.3, 0.4) is 0 Å². The smallest absolute Gasteiger partial charge is 0.0914 e. The normalized spacial score (nSPS) is 13.6. The maximum atomic E-state index is 4.28. The van der Waals surface area contributed by atoms with Crippen molar-refractivity contribution in [2.45, 2.75) is 6.42 Å². The van der Waals surface area contributed by atoms with E-state index in [2.05, 4.69) is 16.0 Å². The van der Waals surface area contributed by atoms with Gasteiger partial charge in [-0.1, -0.05) is 0 Å². The van der Waals surface area contributed by atoms with Gasteiger partial charge in [0.15, 0.2) is 0 Å². The summed E-state index contributed by atoms with van der Waals surface area (Å²) in [6, 6.07) is 2.16. The Bertz CT molecular complexity index is 401. The topological polar surface area (TPSA) is 28.7 Å². The zero-order valence-corrected chi connectivity index (χ0v) is 5.39. The lowest BCUT2D eigenvalue weighted by atomic mass is 10.0. The van der Waals surface area contributed by atoms with Crippen molar-refractivity contribution in [1.29, 1.82) is 0 Å². The van der Waals surface area contributed by atoms with Crippen molar-refractivity contribution in [3.8, 4) is 0 Å². The second-order valence-corrected chi connectivity index (χ2v) is 2.73. The molecule has 2 heteroatoms. The fourth-order valence-corrected chi connectivity index (χ4v) is 1.56. The predicted molar refractivity (Wildman–Crippen MR) is 38.9 cm³/mol. The Morgan fingerprint density at radius 2 is 2.50 bits per heavy atom. The van der Waals surface area contributed by atoms with Crippen molar-refractivity contribution in [2.75, 3.05) is 0 Å². The van der Waals surface area contributed by atoms with Gasteiger partial charge < -0.3 is 4.98 Å². The van der Waals surface area contributed by atoms with Crippen LogP contribution in [0.2, 0.25) is 0 Å². The fraction of sp³-hybridized carbons (Fsp3) is 0.125. The fourth-order valence-electron chi connectivity index (χ4n) is 1.56. The summed E-state index contributed by atoms with van der Waals surface area (Å²) in [4.78, 5) is 7.46. The average molecular weight is 130 g/mol. The summed E-state index contributed by atoms with van der Waals surface area (Å²) in [5, 5.41) is 0. The molecule has 2 aromatic heterocycles. The van der Waals surface area contributed by atoms with Crippen LogP contribution < -0.4 is 0 Å². The summed E-state index contributed by atoms with van der Waals surface area (Å²) in [6.07, 6.45) is 5.06. The first kappa shape index (κ1) is 4.50. The molecule has 0 amide bonds. The minimum Gasteiger partial charge on any atom is -0.360 e. The van der Waals surface area contributed by atoms with Gasteiger partial charge in [0.25, 0.3) is 0 Å². The van der Waals surface area contributed by atoms with Crippen molar-refractivity contribution in [3.05, 3.63) is 29.6 Å². The molecule has 0 saturated carbocycles. The molecule has 1 aliphatic carbocycles. The maximum Gasteiger partial charge on any atom is 0.0914 e. The molecule has 4 bridgehead atoms. The number of nitrogens with zero attached hydrogens (tertiary/aromatic N) is 1. The molecule has 2 aromatic rings. The van der Waals surface area contributed by atoms with E-state index in [1.165, 1.54) is 16.6 Å². The van der Waals surface area contributed by atoms with Crippen molar-refractivity contribution in [2.24, 2.45) is 0 Å². The Kier molecular flexibility index (Phi) is 0.556. The molecule has 0 radical (unpaired) electrons. The maximum absolute atomic E-state index is 4.28. The molecule has 4 rings (SSSR count). The van der Waals surface area contributed by atoms with Gasteiger partial charge in [0.1, 0.15) is 0 Å². The van der Waals surface area contributed by atoms with Crippen LogP contribution in [0.15, 0.2) is 18.5 Å². The number of H-pyrrole nitrogens is 1. The largest absolute Gasteiger partial charge is 0.360 e. The van der Waals surface area contributed by atoms with Gasteiger partial charge in [-0.15, -0.1) is 0 Å². The second-order valence-electron chi connectivity index (χ2n) is 2.73. The molecule has 0 saturated heterocycles. The van der Waals surface area contributed by atoms with Crippen LogP contribution in [0, 0.1) is 0 Å². The van der Waals surface area contributed by atoms with E-state index in [1.54, 1.807) is 0 Å². The zero-order valence-electron chi connectivity index (χ0n) is 5.39. The van der Waals surface area contributed by atoms with Crippen LogP contribution >= 0.6 is 0 Å². The molecule has 0 aromatic carbocycles. The van der Waals surface area contributed by atoms with E-state index in [4.69, 9.17) is 0 Å². The number of hydrogen-bond donors (Lipinski definition) is 1. The Labute approximate surface area is 57.9 Å². The van der Waals surface area contributed by atoms with Crippen LogP contribution in [-0.2, 0) is 6.42 Å². The number of hydrogen-bond acceptors (Lipinski definition) is 1. The van der Waals surface area contributed by atoms with Crippen LogP contribution in [0.4, 0.5) is 0 Å². The minimum absolute atomic E-state index is 1.06.